The first-order valence-corrected chi connectivity index (χ1v) is 8.78. The highest BCUT2D eigenvalue weighted by atomic mass is 16.5. The van der Waals surface area contributed by atoms with E-state index in [1.54, 1.807) is 55.5 Å². The van der Waals surface area contributed by atoms with Crippen LogP contribution in [-0.4, -0.2) is 28.5 Å². The molecule has 0 saturated carbocycles. The van der Waals surface area contributed by atoms with Crippen LogP contribution in [-0.2, 0) is 4.74 Å². The molecule has 2 aromatic carbocycles. The van der Waals surface area contributed by atoms with E-state index in [0.29, 0.717) is 29.1 Å². The maximum atomic E-state index is 12.5. The molecule has 0 atom stereocenters. The van der Waals surface area contributed by atoms with Gasteiger partial charge in [0, 0.05) is 17.6 Å². The van der Waals surface area contributed by atoms with E-state index in [1.807, 2.05) is 6.07 Å². The molecule has 8 nitrogen and oxygen atoms in total. The molecule has 8 heteroatoms. The summed E-state index contributed by atoms with van der Waals surface area (Å²) in [5, 5.41) is 14.5. The van der Waals surface area contributed by atoms with Crippen LogP contribution in [0.5, 0.6) is 0 Å². The molecule has 0 aliphatic rings. The van der Waals surface area contributed by atoms with Crippen molar-refractivity contribution >= 4 is 29.2 Å². The predicted molar refractivity (Wildman–Crippen MR) is 107 cm³/mol. The van der Waals surface area contributed by atoms with Crippen molar-refractivity contribution in [3.05, 3.63) is 77.6 Å². The first-order valence-electron chi connectivity index (χ1n) is 8.78. The summed E-state index contributed by atoms with van der Waals surface area (Å²) in [6.07, 6.45) is 1.47. The second kappa shape index (κ2) is 9.10. The van der Waals surface area contributed by atoms with Gasteiger partial charge in [0.15, 0.2) is 0 Å². The van der Waals surface area contributed by atoms with Gasteiger partial charge in [-0.2, -0.15) is 5.26 Å². The molecule has 144 valence electrons. The van der Waals surface area contributed by atoms with Gasteiger partial charge >= 0.3 is 5.97 Å². The van der Waals surface area contributed by atoms with E-state index < -0.39 is 11.9 Å². The zero-order chi connectivity index (χ0) is 20.6. The average molecular weight is 387 g/mol. The van der Waals surface area contributed by atoms with Crippen molar-refractivity contribution in [3.8, 4) is 6.07 Å². The SMILES string of the molecule is CCOC(=O)c1ccc(NC(=O)c2ccnc(Nc3ccc(C#N)cc3)n2)cc1. The maximum absolute atomic E-state index is 12.5. The zero-order valence-corrected chi connectivity index (χ0v) is 15.5. The highest BCUT2D eigenvalue weighted by Crippen LogP contribution is 2.15. The molecule has 1 aromatic heterocycles. The molecule has 29 heavy (non-hydrogen) atoms. The Bertz CT molecular complexity index is 1060. The van der Waals surface area contributed by atoms with Crippen molar-refractivity contribution in [1.82, 2.24) is 9.97 Å². The normalized spacial score (nSPS) is 9.93. The lowest BCUT2D eigenvalue weighted by molar-refractivity contribution is 0.0526. The molecular weight excluding hydrogens is 370 g/mol. The van der Waals surface area contributed by atoms with Gasteiger partial charge in [0.2, 0.25) is 5.95 Å². The molecule has 0 fully saturated rings. The first-order chi connectivity index (χ1) is 14.1. The van der Waals surface area contributed by atoms with Gasteiger partial charge in [-0.15, -0.1) is 0 Å². The number of carbonyl (C=O) groups is 2. The number of anilines is 3. The fourth-order valence-electron chi connectivity index (χ4n) is 2.40. The summed E-state index contributed by atoms with van der Waals surface area (Å²) in [7, 11) is 0. The van der Waals surface area contributed by atoms with Gasteiger partial charge in [0.25, 0.3) is 5.91 Å². The Morgan fingerprint density at radius 2 is 1.72 bits per heavy atom. The Kier molecular flexibility index (Phi) is 6.12. The number of nitriles is 1. The number of carbonyl (C=O) groups excluding carboxylic acids is 2. The smallest absolute Gasteiger partial charge is 0.338 e. The molecule has 0 saturated heterocycles. The molecule has 3 rings (SSSR count). The Hall–Kier alpha value is -4.25. The number of hydrogen-bond donors (Lipinski definition) is 2. The molecule has 1 heterocycles. The summed E-state index contributed by atoms with van der Waals surface area (Å²) in [5.74, 6) is -0.584. The van der Waals surface area contributed by atoms with E-state index in [0.717, 1.165) is 0 Å². The molecule has 0 radical (unpaired) electrons. The van der Waals surface area contributed by atoms with Gasteiger partial charge in [-0.05, 0) is 61.5 Å². The first kappa shape index (κ1) is 19.5. The van der Waals surface area contributed by atoms with E-state index >= 15 is 0 Å². The van der Waals surface area contributed by atoms with E-state index in [2.05, 4.69) is 20.6 Å². The van der Waals surface area contributed by atoms with Crippen molar-refractivity contribution in [3.63, 3.8) is 0 Å². The summed E-state index contributed by atoms with van der Waals surface area (Å²) in [5.41, 5.74) is 2.32. The summed E-state index contributed by atoms with van der Waals surface area (Å²) in [6.45, 7) is 2.03. The van der Waals surface area contributed by atoms with E-state index in [-0.39, 0.29) is 11.6 Å². The van der Waals surface area contributed by atoms with Crippen LogP contribution < -0.4 is 10.6 Å². The third kappa shape index (κ3) is 5.14. The Balaban J connectivity index is 1.67. The summed E-state index contributed by atoms with van der Waals surface area (Å²) < 4.78 is 4.93. The molecule has 1 amide bonds. The van der Waals surface area contributed by atoms with Gasteiger partial charge in [-0.1, -0.05) is 0 Å². The molecule has 2 N–H and O–H groups in total. The Labute approximate surface area is 167 Å². The lowest BCUT2D eigenvalue weighted by Crippen LogP contribution is -2.15. The number of nitrogens with one attached hydrogen (secondary N) is 2. The molecule has 0 aliphatic carbocycles. The van der Waals surface area contributed by atoms with E-state index in [4.69, 9.17) is 10.00 Å². The van der Waals surface area contributed by atoms with Crippen LogP contribution in [0.1, 0.15) is 33.3 Å². The summed E-state index contributed by atoms with van der Waals surface area (Å²) in [6, 6.07) is 16.7. The second-order valence-electron chi connectivity index (χ2n) is 5.83. The standard InChI is InChI=1S/C21H17N5O3/c1-2-29-20(28)15-5-9-16(10-6-15)24-19(27)18-11-12-23-21(26-18)25-17-7-3-14(13-22)4-8-17/h3-12H,2H2,1H3,(H,24,27)(H,23,25,26). The number of ether oxygens (including phenoxy) is 1. The van der Waals surface area contributed by atoms with Crippen LogP contribution in [0.4, 0.5) is 17.3 Å². The molecule has 0 aliphatic heterocycles. The number of benzene rings is 2. The molecule has 0 unspecified atom stereocenters. The molecular formula is C21H17N5O3. The van der Waals surface area contributed by atoms with Crippen LogP contribution in [0.2, 0.25) is 0 Å². The Morgan fingerprint density at radius 1 is 1.03 bits per heavy atom. The van der Waals surface area contributed by atoms with Crippen LogP contribution in [0.25, 0.3) is 0 Å². The predicted octanol–water partition coefficient (Wildman–Crippen LogP) is 3.52. The van der Waals surface area contributed by atoms with Gasteiger partial charge in [-0.25, -0.2) is 14.8 Å². The summed E-state index contributed by atoms with van der Waals surface area (Å²) in [4.78, 5) is 32.4. The highest BCUT2D eigenvalue weighted by molar-refractivity contribution is 6.03. The van der Waals surface area contributed by atoms with Crippen molar-refractivity contribution in [2.75, 3.05) is 17.2 Å². The average Bonchev–Trinajstić information content (AvgIpc) is 2.75. The monoisotopic (exact) mass is 387 g/mol. The number of nitrogens with zero attached hydrogens (tertiary/aromatic N) is 3. The number of hydrogen-bond acceptors (Lipinski definition) is 7. The molecule has 0 bridgehead atoms. The van der Waals surface area contributed by atoms with Crippen molar-refractivity contribution < 1.29 is 14.3 Å². The van der Waals surface area contributed by atoms with Crippen molar-refractivity contribution in [2.45, 2.75) is 6.92 Å². The van der Waals surface area contributed by atoms with Crippen molar-refractivity contribution in [1.29, 1.82) is 5.26 Å². The minimum absolute atomic E-state index is 0.172. The Morgan fingerprint density at radius 3 is 2.38 bits per heavy atom. The minimum atomic E-state index is -0.417. The quantitative estimate of drug-likeness (QED) is 0.621. The maximum Gasteiger partial charge on any atom is 0.338 e. The second-order valence-corrected chi connectivity index (χ2v) is 5.83. The highest BCUT2D eigenvalue weighted by Gasteiger charge is 2.11. The van der Waals surface area contributed by atoms with Gasteiger partial charge < -0.3 is 15.4 Å². The van der Waals surface area contributed by atoms with Gasteiger partial charge in [0.05, 0.1) is 23.8 Å². The van der Waals surface area contributed by atoms with Gasteiger partial charge in [0.1, 0.15) is 5.69 Å². The minimum Gasteiger partial charge on any atom is -0.462 e. The molecule has 3 aromatic rings. The molecule has 0 spiro atoms. The van der Waals surface area contributed by atoms with E-state index in [1.165, 1.54) is 12.3 Å². The van der Waals surface area contributed by atoms with Crippen LogP contribution in [0.15, 0.2) is 60.8 Å². The van der Waals surface area contributed by atoms with Crippen LogP contribution in [0, 0.1) is 11.3 Å². The zero-order valence-electron chi connectivity index (χ0n) is 15.5. The van der Waals surface area contributed by atoms with E-state index in [9.17, 15) is 9.59 Å². The lowest BCUT2D eigenvalue weighted by atomic mass is 10.2. The number of amides is 1. The fraction of sp³-hybridized carbons (Fsp3) is 0.0952. The van der Waals surface area contributed by atoms with Crippen LogP contribution in [0.3, 0.4) is 0 Å². The number of rotatable bonds is 6. The third-order valence-corrected chi connectivity index (χ3v) is 3.81. The van der Waals surface area contributed by atoms with Crippen LogP contribution >= 0.6 is 0 Å². The topological polar surface area (TPSA) is 117 Å². The third-order valence-electron chi connectivity index (χ3n) is 3.81. The lowest BCUT2D eigenvalue weighted by Gasteiger charge is -2.08. The number of aromatic nitrogens is 2. The van der Waals surface area contributed by atoms with Gasteiger partial charge in [-0.3, -0.25) is 4.79 Å². The summed E-state index contributed by atoms with van der Waals surface area (Å²) >= 11 is 0. The number of esters is 1. The van der Waals surface area contributed by atoms with Crippen molar-refractivity contribution in [2.24, 2.45) is 0 Å². The fourth-order valence-corrected chi connectivity index (χ4v) is 2.40. The largest absolute Gasteiger partial charge is 0.462 e.